The van der Waals surface area contributed by atoms with Crippen LogP contribution in [0.2, 0.25) is 5.02 Å². The summed E-state index contributed by atoms with van der Waals surface area (Å²) in [5.41, 5.74) is 0.673. The highest BCUT2D eigenvalue weighted by molar-refractivity contribution is 6.31. The van der Waals surface area contributed by atoms with E-state index in [9.17, 15) is 13.2 Å². The minimum atomic E-state index is -4.47. The molecule has 2 aliphatic rings. The minimum absolute atomic E-state index is 0.245. The van der Waals surface area contributed by atoms with Crippen LogP contribution in [0.1, 0.15) is 5.69 Å². The van der Waals surface area contributed by atoms with Crippen molar-refractivity contribution in [1.82, 2.24) is 4.98 Å². The second-order valence-corrected chi connectivity index (χ2v) is 6.61. The summed E-state index contributed by atoms with van der Waals surface area (Å²) in [7, 11) is 0. The number of nitrogens with one attached hydrogen (secondary N) is 1. The van der Waals surface area contributed by atoms with Crippen LogP contribution >= 0.6 is 11.6 Å². The van der Waals surface area contributed by atoms with Gasteiger partial charge in [0.25, 0.3) is 0 Å². The first-order valence-electron chi connectivity index (χ1n) is 7.61. The molecule has 1 aromatic carbocycles. The van der Waals surface area contributed by atoms with Gasteiger partial charge in [0.05, 0.1) is 18.9 Å². The largest absolute Gasteiger partial charge is 0.433 e. The summed E-state index contributed by atoms with van der Waals surface area (Å²) in [6.45, 7) is 1.51. The second kappa shape index (κ2) is 5.63. The van der Waals surface area contributed by atoms with Crippen LogP contribution in [0.5, 0.6) is 0 Å². The number of ether oxygens (including phenoxy) is 1. The van der Waals surface area contributed by atoms with E-state index in [-0.39, 0.29) is 5.69 Å². The number of hydrogen-bond acceptors (Lipinski definition) is 3. The fourth-order valence-electron chi connectivity index (χ4n) is 3.22. The Morgan fingerprint density at radius 2 is 1.88 bits per heavy atom. The van der Waals surface area contributed by atoms with Gasteiger partial charge in [-0.15, -0.1) is 0 Å². The van der Waals surface area contributed by atoms with Crippen LogP contribution in [0.15, 0.2) is 36.4 Å². The highest BCUT2D eigenvalue weighted by Gasteiger charge is 2.54. The molecule has 2 heterocycles. The van der Waals surface area contributed by atoms with E-state index in [4.69, 9.17) is 16.3 Å². The number of alkyl halides is 3. The Morgan fingerprint density at radius 3 is 2.58 bits per heavy atom. The summed E-state index contributed by atoms with van der Waals surface area (Å²) in [5, 5.41) is 3.85. The van der Waals surface area contributed by atoms with Crippen molar-refractivity contribution < 1.29 is 17.9 Å². The van der Waals surface area contributed by atoms with Crippen LogP contribution in [0.4, 0.5) is 18.9 Å². The molecule has 0 spiro atoms. The van der Waals surface area contributed by atoms with E-state index in [0.29, 0.717) is 28.5 Å². The maximum atomic E-state index is 12.8. The summed E-state index contributed by atoms with van der Waals surface area (Å²) in [4.78, 5) is 3.72. The van der Waals surface area contributed by atoms with Crippen LogP contribution in [0.25, 0.3) is 11.3 Å². The van der Waals surface area contributed by atoms with Gasteiger partial charge in [-0.3, -0.25) is 0 Å². The molecule has 1 unspecified atom stereocenters. The average molecular weight is 355 g/mol. The van der Waals surface area contributed by atoms with Crippen LogP contribution < -0.4 is 5.32 Å². The van der Waals surface area contributed by atoms with Gasteiger partial charge in [-0.05, 0) is 30.3 Å². The third-order valence-corrected chi connectivity index (χ3v) is 4.74. The lowest BCUT2D eigenvalue weighted by atomic mass is 10.1. The van der Waals surface area contributed by atoms with Gasteiger partial charge in [0.1, 0.15) is 5.69 Å². The van der Waals surface area contributed by atoms with E-state index in [1.807, 2.05) is 0 Å². The summed E-state index contributed by atoms with van der Waals surface area (Å²) in [6.07, 6.45) is -4.47. The van der Waals surface area contributed by atoms with Crippen molar-refractivity contribution >= 4 is 17.3 Å². The van der Waals surface area contributed by atoms with Gasteiger partial charge in [-0.2, -0.15) is 13.2 Å². The number of hydrogen-bond donors (Lipinski definition) is 1. The van der Waals surface area contributed by atoms with Crippen molar-refractivity contribution in [2.75, 3.05) is 18.5 Å². The fraction of sp³-hybridized carbons (Fsp3) is 0.353. The summed E-state index contributed by atoms with van der Waals surface area (Å²) in [5.74, 6) is 1.03. The lowest BCUT2D eigenvalue weighted by Gasteiger charge is -2.12. The lowest BCUT2D eigenvalue weighted by Crippen LogP contribution is -2.12. The first kappa shape index (κ1) is 15.7. The summed E-state index contributed by atoms with van der Waals surface area (Å²) < 4.78 is 43.9. The molecule has 1 saturated heterocycles. The SMILES string of the molecule is FC(F)(F)c1cccc(-c2cc(Cl)cc(NC3[C@H]4COC[C@@H]34)c2)n1. The number of nitrogens with zero attached hydrogens (tertiary/aromatic N) is 1. The number of pyridine rings is 1. The molecule has 1 aromatic heterocycles. The molecule has 126 valence electrons. The third kappa shape index (κ3) is 2.96. The smallest absolute Gasteiger partial charge is 0.381 e. The molecular formula is C17H14ClF3N2O. The van der Waals surface area contributed by atoms with Crippen molar-refractivity contribution in [2.24, 2.45) is 11.8 Å². The Morgan fingerprint density at radius 1 is 1.12 bits per heavy atom. The van der Waals surface area contributed by atoms with Crippen LogP contribution in [-0.2, 0) is 10.9 Å². The second-order valence-electron chi connectivity index (χ2n) is 6.17. The summed E-state index contributed by atoms with van der Waals surface area (Å²) in [6, 6.07) is 9.37. The van der Waals surface area contributed by atoms with E-state index >= 15 is 0 Å². The highest BCUT2D eigenvalue weighted by atomic mass is 35.5. The first-order chi connectivity index (χ1) is 11.4. The van der Waals surface area contributed by atoms with Gasteiger partial charge >= 0.3 is 6.18 Å². The molecule has 3 nitrogen and oxygen atoms in total. The van der Waals surface area contributed by atoms with Gasteiger partial charge < -0.3 is 10.1 Å². The number of halogens is 4. The molecule has 1 aliphatic heterocycles. The average Bonchev–Trinajstić information content (AvgIpc) is 2.95. The molecule has 1 saturated carbocycles. The number of fused-ring (bicyclic) bond motifs is 1. The van der Waals surface area contributed by atoms with E-state index in [0.717, 1.165) is 25.0 Å². The zero-order chi connectivity index (χ0) is 16.9. The highest BCUT2D eigenvalue weighted by Crippen LogP contribution is 2.46. The Kier molecular flexibility index (Phi) is 3.69. The van der Waals surface area contributed by atoms with Gasteiger partial charge in [-0.1, -0.05) is 17.7 Å². The quantitative estimate of drug-likeness (QED) is 0.882. The first-order valence-corrected chi connectivity index (χ1v) is 7.99. The van der Waals surface area contributed by atoms with Crippen molar-refractivity contribution in [3.05, 3.63) is 47.1 Å². The van der Waals surface area contributed by atoms with Crippen molar-refractivity contribution in [2.45, 2.75) is 12.2 Å². The Bertz CT molecular complexity index is 771. The van der Waals surface area contributed by atoms with E-state index in [1.165, 1.54) is 6.07 Å². The molecule has 3 atom stereocenters. The molecule has 0 radical (unpaired) electrons. The molecule has 7 heteroatoms. The number of aromatic nitrogens is 1. The minimum Gasteiger partial charge on any atom is -0.381 e. The van der Waals surface area contributed by atoms with Crippen molar-refractivity contribution in [3.63, 3.8) is 0 Å². The molecular weight excluding hydrogens is 341 g/mol. The molecule has 1 N–H and O–H groups in total. The molecule has 2 aromatic rings. The van der Waals surface area contributed by atoms with Gasteiger partial charge in [0.2, 0.25) is 0 Å². The fourth-order valence-corrected chi connectivity index (χ4v) is 3.46. The Balaban J connectivity index is 1.61. The zero-order valence-corrected chi connectivity index (χ0v) is 13.2. The van der Waals surface area contributed by atoms with Crippen LogP contribution in [0, 0.1) is 11.8 Å². The summed E-state index contributed by atoms with van der Waals surface area (Å²) >= 11 is 6.14. The van der Waals surface area contributed by atoms with Gasteiger partial charge in [0.15, 0.2) is 0 Å². The monoisotopic (exact) mass is 354 g/mol. The molecule has 2 fully saturated rings. The third-order valence-electron chi connectivity index (χ3n) is 4.52. The maximum absolute atomic E-state index is 12.8. The zero-order valence-electron chi connectivity index (χ0n) is 12.5. The molecule has 0 amide bonds. The van der Waals surface area contributed by atoms with Crippen molar-refractivity contribution in [1.29, 1.82) is 0 Å². The maximum Gasteiger partial charge on any atom is 0.433 e. The molecule has 0 bridgehead atoms. The molecule has 4 rings (SSSR count). The Hall–Kier alpha value is -1.79. The topological polar surface area (TPSA) is 34.1 Å². The van der Waals surface area contributed by atoms with Crippen LogP contribution in [-0.4, -0.2) is 24.2 Å². The van der Waals surface area contributed by atoms with Crippen molar-refractivity contribution in [3.8, 4) is 11.3 Å². The molecule has 1 aliphatic carbocycles. The number of anilines is 1. The number of rotatable bonds is 3. The van der Waals surface area contributed by atoms with E-state index in [2.05, 4.69) is 10.3 Å². The van der Waals surface area contributed by atoms with E-state index < -0.39 is 11.9 Å². The van der Waals surface area contributed by atoms with E-state index in [1.54, 1.807) is 24.3 Å². The molecule has 24 heavy (non-hydrogen) atoms. The standard InChI is InChI=1S/C17H14ClF3N2O/c18-10-4-9(14-2-1-3-15(23-14)17(19,20)21)5-11(6-10)22-16-12-7-24-8-13(12)16/h1-6,12-13,16,22H,7-8H2/t12-,13+,16?. The van der Waals surface area contributed by atoms with Gasteiger partial charge in [-0.25, -0.2) is 4.98 Å². The Labute approximate surface area is 141 Å². The predicted molar refractivity (Wildman–Crippen MR) is 84.9 cm³/mol. The predicted octanol–water partition coefficient (Wildman–Crippen LogP) is 4.48. The van der Waals surface area contributed by atoms with Gasteiger partial charge in [0, 0.05) is 34.2 Å². The number of benzene rings is 1. The van der Waals surface area contributed by atoms with Crippen LogP contribution in [0.3, 0.4) is 0 Å². The lowest BCUT2D eigenvalue weighted by molar-refractivity contribution is -0.141. The normalized spacial score (nSPS) is 25.4.